The third-order valence-corrected chi connectivity index (χ3v) is 8.49. The standard InChI is InChI=1S/C20H28O5/c1-10-11-7-12(21)15-18(2)5-4-6-19(3,17(24)25)13(18)8-14(22)20(15,9-11)16(10)23/h11-15,21-22H,1,4-9H2,2-3H3,(H,24,25). The topological polar surface area (TPSA) is 94.8 Å². The molecule has 3 N–H and O–H groups in total. The molecule has 0 saturated heterocycles. The molecule has 2 bridgehead atoms. The number of aliphatic hydroxyl groups excluding tert-OH is 2. The van der Waals surface area contributed by atoms with Gasteiger partial charge in [-0.05, 0) is 61.9 Å². The molecule has 5 nitrogen and oxygen atoms in total. The lowest BCUT2D eigenvalue weighted by Crippen LogP contribution is -2.67. The third kappa shape index (κ3) is 1.81. The molecule has 0 aromatic carbocycles. The lowest BCUT2D eigenvalue weighted by molar-refractivity contribution is -0.227. The summed E-state index contributed by atoms with van der Waals surface area (Å²) in [5.74, 6) is -1.62. The number of carbonyl (C=O) groups is 2. The van der Waals surface area contributed by atoms with Gasteiger partial charge in [0.15, 0.2) is 5.78 Å². The second-order valence-corrected chi connectivity index (χ2v) is 9.46. The van der Waals surface area contributed by atoms with E-state index in [9.17, 15) is 24.9 Å². The van der Waals surface area contributed by atoms with Crippen LogP contribution < -0.4 is 0 Å². The summed E-state index contributed by atoms with van der Waals surface area (Å²) in [6.07, 6.45) is 1.90. The minimum Gasteiger partial charge on any atom is -0.481 e. The van der Waals surface area contributed by atoms with Gasteiger partial charge < -0.3 is 15.3 Å². The van der Waals surface area contributed by atoms with Crippen LogP contribution in [-0.4, -0.2) is 39.3 Å². The molecular formula is C20H28O5. The van der Waals surface area contributed by atoms with Crippen LogP contribution in [0.15, 0.2) is 12.2 Å². The van der Waals surface area contributed by atoms with Gasteiger partial charge in [-0.3, -0.25) is 9.59 Å². The summed E-state index contributed by atoms with van der Waals surface area (Å²) in [7, 11) is 0. The van der Waals surface area contributed by atoms with Crippen LogP contribution in [0.2, 0.25) is 0 Å². The Morgan fingerprint density at radius 1 is 1.20 bits per heavy atom. The summed E-state index contributed by atoms with van der Waals surface area (Å²) in [6, 6.07) is 0. The van der Waals surface area contributed by atoms with Gasteiger partial charge in [0.25, 0.3) is 0 Å². The van der Waals surface area contributed by atoms with Crippen molar-refractivity contribution >= 4 is 11.8 Å². The molecule has 5 heteroatoms. The molecule has 4 rings (SSSR count). The summed E-state index contributed by atoms with van der Waals surface area (Å²) >= 11 is 0. The predicted octanol–water partition coefficient (Wildman–Crippen LogP) is 2.16. The van der Waals surface area contributed by atoms with Gasteiger partial charge in [0.05, 0.1) is 23.0 Å². The summed E-state index contributed by atoms with van der Waals surface area (Å²) in [4.78, 5) is 25.2. The molecule has 0 aromatic heterocycles. The fraction of sp³-hybridized carbons (Fsp3) is 0.800. The van der Waals surface area contributed by atoms with Gasteiger partial charge in [0, 0.05) is 5.92 Å². The first-order valence-corrected chi connectivity index (χ1v) is 9.42. The lowest BCUT2D eigenvalue weighted by Gasteiger charge is -2.64. The van der Waals surface area contributed by atoms with E-state index in [2.05, 4.69) is 6.58 Å². The van der Waals surface area contributed by atoms with Crippen molar-refractivity contribution < 1.29 is 24.9 Å². The van der Waals surface area contributed by atoms with Gasteiger partial charge >= 0.3 is 5.97 Å². The number of rotatable bonds is 1. The second kappa shape index (κ2) is 4.95. The largest absolute Gasteiger partial charge is 0.481 e. The van der Waals surface area contributed by atoms with Crippen LogP contribution in [0.5, 0.6) is 0 Å². The number of carboxylic acid groups (broad SMARTS) is 1. The Kier molecular flexibility index (Phi) is 3.41. The van der Waals surface area contributed by atoms with Crippen molar-refractivity contribution in [1.29, 1.82) is 0 Å². The highest BCUT2D eigenvalue weighted by Gasteiger charge is 2.73. The number of hydrogen-bond donors (Lipinski definition) is 3. The number of Topliss-reactive ketones (excluding diaryl/α,β-unsaturated/α-hetero) is 1. The Balaban J connectivity index is 1.88. The van der Waals surface area contributed by atoms with Crippen molar-refractivity contribution in [2.75, 3.05) is 0 Å². The minimum atomic E-state index is -0.971. The van der Waals surface area contributed by atoms with E-state index in [1.807, 2.05) is 6.92 Å². The van der Waals surface area contributed by atoms with Crippen LogP contribution in [0.25, 0.3) is 0 Å². The summed E-state index contributed by atoms with van der Waals surface area (Å²) in [6.45, 7) is 7.77. The molecule has 4 aliphatic rings. The zero-order chi connectivity index (χ0) is 18.4. The predicted molar refractivity (Wildman–Crippen MR) is 90.6 cm³/mol. The van der Waals surface area contributed by atoms with E-state index >= 15 is 0 Å². The first-order chi connectivity index (χ1) is 11.6. The molecule has 1 spiro atoms. The third-order valence-electron chi connectivity index (χ3n) is 8.49. The molecule has 0 radical (unpaired) electrons. The average molecular weight is 348 g/mol. The molecule has 4 saturated carbocycles. The number of ketones is 1. The number of carbonyl (C=O) groups excluding carboxylic acids is 1. The fourth-order valence-electron chi connectivity index (χ4n) is 7.40. The molecule has 4 fully saturated rings. The van der Waals surface area contributed by atoms with E-state index in [0.29, 0.717) is 31.3 Å². The molecule has 0 aliphatic heterocycles. The highest BCUT2D eigenvalue weighted by Crippen LogP contribution is 2.71. The molecule has 8 unspecified atom stereocenters. The van der Waals surface area contributed by atoms with Crippen molar-refractivity contribution in [2.24, 2.45) is 34.0 Å². The van der Waals surface area contributed by atoms with Gasteiger partial charge in [-0.2, -0.15) is 0 Å². The number of aliphatic carboxylic acids is 1. The summed E-state index contributed by atoms with van der Waals surface area (Å²) in [5, 5.41) is 32.0. The van der Waals surface area contributed by atoms with Crippen LogP contribution in [0.3, 0.4) is 0 Å². The van der Waals surface area contributed by atoms with Crippen molar-refractivity contribution in [1.82, 2.24) is 0 Å². The zero-order valence-corrected chi connectivity index (χ0v) is 15.0. The number of carboxylic acids is 1. The van der Waals surface area contributed by atoms with Gasteiger partial charge in [-0.15, -0.1) is 0 Å². The Labute approximate surface area is 148 Å². The van der Waals surface area contributed by atoms with Crippen LogP contribution in [0, 0.1) is 34.0 Å². The molecule has 4 aliphatic carbocycles. The molecule has 8 atom stereocenters. The van der Waals surface area contributed by atoms with Gasteiger partial charge in [-0.25, -0.2) is 0 Å². The highest BCUT2D eigenvalue weighted by atomic mass is 16.4. The maximum atomic E-state index is 13.1. The number of fused-ring (bicyclic) bond motifs is 3. The number of hydrogen-bond acceptors (Lipinski definition) is 4. The Hall–Kier alpha value is -1.20. The van der Waals surface area contributed by atoms with E-state index in [0.717, 1.165) is 12.8 Å². The van der Waals surface area contributed by atoms with Gasteiger partial charge in [0.1, 0.15) is 0 Å². The van der Waals surface area contributed by atoms with Crippen molar-refractivity contribution in [3.63, 3.8) is 0 Å². The van der Waals surface area contributed by atoms with Crippen LogP contribution >= 0.6 is 0 Å². The second-order valence-electron chi connectivity index (χ2n) is 9.46. The van der Waals surface area contributed by atoms with Crippen LogP contribution in [-0.2, 0) is 9.59 Å². The van der Waals surface area contributed by atoms with Crippen LogP contribution in [0.4, 0.5) is 0 Å². The fourth-order valence-corrected chi connectivity index (χ4v) is 7.40. The maximum Gasteiger partial charge on any atom is 0.309 e. The van der Waals surface area contributed by atoms with E-state index in [-0.39, 0.29) is 17.6 Å². The van der Waals surface area contributed by atoms with Crippen molar-refractivity contribution in [2.45, 2.75) is 64.6 Å². The van der Waals surface area contributed by atoms with E-state index in [1.165, 1.54) is 0 Å². The normalized spacial score (nSPS) is 54.8. The Morgan fingerprint density at radius 3 is 2.52 bits per heavy atom. The quantitative estimate of drug-likeness (QED) is 0.631. The minimum absolute atomic E-state index is 0.0528. The Bertz CT molecular complexity index is 671. The lowest BCUT2D eigenvalue weighted by atomic mass is 9.39. The van der Waals surface area contributed by atoms with E-state index in [1.54, 1.807) is 6.92 Å². The van der Waals surface area contributed by atoms with Crippen LogP contribution in [0.1, 0.15) is 52.4 Å². The van der Waals surface area contributed by atoms with Crippen molar-refractivity contribution in [3.8, 4) is 0 Å². The van der Waals surface area contributed by atoms with Gasteiger partial charge in [-0.1, -0.05) is 19.9 Å². The highest BCUT2D eigenvalue weighted by molar-refractivity contribution is 6.03. The number of aliphatic hydroxyl groups is 2. The molecule has 138 valence electrons. The molecular weight excluding hydrogens is 320 g/mol. The maximum absolute atomic E-state index is 13.1. The van der Waals surface area contributed by atoms with E-state index < -0.39 is 40.3 Å². The first-order valence-electron chi connectivity index (χ1n) is 9.42. The summed E-state index contributed by atoms with van der Waals surface area (Å²) in [5.41, 5.74) is -1.82. The molecule has 25 heavy (non-hydrogen) atoms. The SMILES string of the molecule is C=C1C(=O)C23CC1CC(O)C2C1(C)CCCC(C)(C(=O)O)C1CC3O. The van der Waals surface area contributed by atoms with Crippen molar-refractivity contribution in [3.05, 3.63) is 12.2 Å². The summed E-state index contributed by atoms with van der Waals surface area (Å²) < 4.78 is 0. The first kappa shape index (κ1) is 17.2. The van der Waals surface area contributed by atoms with E-state index in [4.69, 9.17) is 0 Å². The van der Waals surface area contributed by atoms with Gasteiger partial charge in [0.2, 0.25) is 0 Å². The molecule has 0 heterocycles. The Morgan fingerprint density at radius 2 is 1.88 bits per heavy atom. The smallest absolute Gasteiger partial charge is 0.309 e. The molecule has 0 aromatic rings. The number of allylic oxidation sites excluding steroid dienone is 1. The monoisotopic (exact) mass is 348 g/mol. The molecule has 0 amide bonds. The zero-order valence-electron chi connectivity index (χ0n) is 15.0. The average Bonchev–Trinajstić information content (AvgIpc) is 2.72.